The van der Waals surface area contributed by atoms with Crippen LogP contribution in [0.3, 0.4) is 0 Å². The molecule has 0 aliphatic carbocycles. The summed E-state index contributed by atoms with van der Waals surface area (Å²) in [6.45, 7) is 1.77. The Morgan fingerprint density at radius 2 is 1.89 bits per heavy atom. The molecule has 0 saturated carbocycles. The van der Waals surface area contributed by atoms with E-state index >= 15 is 0 Å². The van der Waals surface area contributed by atoms with Gasteiger partial charge in [-0.1, -0.05) is 0 Å². The number of nitrogens with one attached hydrogen (secondary N) is 5. The van der Waals surface area contributed by atoms with Gasteiger partial charge in [-0.15, -0.1) is 0 Å². The van der Waals surface area contributed by atoms with Gasteiger partial charge in [0.25, 0.3) is 5.56 Å². The van der Waals surface area contributed by atoms with Crippen molar-refractivity contribution >= 4 is 23.2 Å². The smallest absolute Gasteiger partial charge is 0.327 e. The van der Waals surface area contributed by atoms with E-state index in [0.717, 1.165) is 0 Å². The number of hydrogen-bond donors (Lipinski definition) is 5. The molecule has 1 amide bonds. The maximum atomic E-state index is 13.4. The van der Waals surface area contributed by atoms with Crippen molar-refractivity contribution < 1.29 is 9.53 Å². The fourth-order valence-corrected chi connectivity index (χ4v) is 4.06. The number of amides is 1. The Labute approximate surface area is 151 Å². The molecular formula is C17H14N6O4. The molecule has 10 nitrogen and oxygen atoms in total. The van der Waals surface area contributed by atoms with E-state index in [4.69, 9.17) is 4.74 Å². The number of carbonyl (C=O) groups excluding carboxylic acids is 1. The first-order valence-corrected chi connectivity index (χ1v) is 8.16. The lowest BCUT2D eigenvalue weighted by molar-refractivity contribution is -0.118. The summed E-state index contributed by atoms with van der Waals surface area (Å²) >= 11 is 0. The fraction of sp³-hybridized carbons (Fsp3) is 0.176. The lowest BCUT2D eigenvalue weighted by Gasteiger charge is -2.33. The number of aromatic nitrogens is 4. The Morgan fingerprint density at radius 3 is 2.67 bits per heavy atom. The van der Waals surface area contributed by atoms with Crippen LogP contribution in [0.1, 0.15) is 22.4 Å². The number of ether oxygens (including phenoxy) is 1. The zero-order valence-corrected chi connectivity index (χ0v) is 14.3. The van der Waals surface area contributed by atoms with Gasteiger partial charge in [0, 0.05) is 22.5 Å². The number of aromatic amines is 3. The van der Waals surface area contributed by atoms with Gasteiger partial charge in [-0.3, -0.25) is 24.7 Å². The highest BCUT2D eigenvalue weighted by molar-refractivity contribution is 6.14. The van der Waals surface area contributed by atoms with E-state index in [1.807, 2.05) is 0 Å². The Balaban J connectivity index is 2.00. The third kappa shape index (κ3) is 1.73. The van der Waals surface area contributed by atoms with Gasteiger partial charge < -0.3 is 15.4 Å². The van der Waals surface area contributed by atoms with E-state index < -0.39 is 22.6 Å². The van der Waals surface area contributed by atoms with Crippen molar-refractivity contribution in [1.29, 1.82) is 0 Å². The van der Waals surface area contributed by atoms with E-state index in [1.54, 1.807) is 25.1 Å². The van der Waals surface area contributed by atoms with Crippen molar-refractivity contribution in [2.75, 3.05) is 17.7 Å². The summed E-state index contributed by atoms with van der Waals surface area (Å²) in [6, 6.07) is 5.15. The molecular weight excluding hydrogens is 352 g/mol. The number of fused-ring (bicyclic) bond motifs is 6. The summed E-state index contributed by atoms with van der Waals surface area (Å²) in [5.74, 6) is 0.630. The van der Waals surface area contributed by atoms with Gasteiger partial charge in [-0.25, -0.2) is 4.79 Å². The van der Waals surface area contributed by atoms with E-state index in [0.29, 0.717) is 34.1 Å². The van der Waals surface area contributed by atoms with Crippen LogP contribution in [0.2, 0.25) is 0 Å². The van der Waals surface area contributed by atoms with Gasteiger partial charge in [0.15, 0.2) is 5.82 Å². The molecule has 2 aliphatic rings. The number of benzene rings is 1. The SMILES string of the molecule is COc1ccc2c(c1)C1(C(=O)N2)c2c(n[nH]c2C)Nc2[nH]c(=O)[nH]c(=O)c21. The van der Waals surface area contributed by atoms with Crippen molar-refractivity contribution in [3.8, 4) is 5.75 Å². The van der Waals surface area contributed by atoms with E-state index in [1.165, 1.54) is 7.11 Å². The van der Waals surface area contributed by atoms with Crippen LogP contribution in [0.15, 0.2) is 27.8 Å². The maximum absolute atomic E-state index is 13.4. The number of anilines is 3. The average molecular weight is 366 g/mol. The van der Waals surface area contributed by atoms with E-state index in [-0.39, 0.29) is 11.4 Å². The topological polar surface area (TPSA) is 145 Å². The standard InChI is InChI=1S/C17H14N6O4/c1-6-10-13(23-22-6)19-12-11(14(24)21-16(26)20-12)17(10)8-5-7(27-2)3-4-9(8)18-15(17)25/h3-5H,1-2H3,(H,18,25)(H4,19,20,21,22,23,24,26). The molecule has 4 heterocycles. The average Bonchev–Trinajstić information content (AvgIpc) is 3.13. The molecule has 27 heavy (non-hydrogen) atoms. The number of aryl methyl sites for hydroxylation is 1. The van der Waals surface area contributed by atoms with Crippen LogP contribution in [0, 0.1) is 6.92 Å². The number of carbonyl (C=O) groups is 1. The molecule has 2 aliphatic heterocycles. The number of hydrogen-bond acceptors (Lipinski definition) is 6. The second kappa shape index (κ2) is 4.87. The second-order valence-electron chi connectivity index (χ2n) is 6.47. The van der Waals surface area contributed by atoms with Crippen molar-refractivity contribution in [2.24, 2.45) is 0 Å². The third-order valence-corrected chi connectivity index (χ3v) is 5.10. The molecule has 2 aromatic heterocycles. The molecule has 10 heteroatoms. The minimum atomic E-state index is -1.48. The highest BCUT2D eigenvalue weighted by atomic mass is 16.5. The molecule has 5 rings (SSSR count). The predicted molar refractivity (Wildman–Crippen MR) is 95.8 cm³/mol. The van der Waals surface area contributed by atoms with Crippen molar-refractivity contribution in [1.82, 2.24) is 20.2 Å². The third-order valence-electron chi connectivity index (χ3n) is 5.10. The van der Waals surface area contributed by atoms with E-state index in [2.05, 4.69) is 30.8 Å². The number of rotatable bonds is 1. The predicted octanol–water partition coefficient (Wildman–Crippen LogP) is 0.447. The molecule has 0 saturated heterocycles. The van der Waals surface area contributed by atoms with Crippen molar-refractivity contribution in [2.45, 2.75) is 12.3 Å². The normalized spacial score (nSPS) is 19.1. The zero-order chi connectivity index (χ0) is 18.9. The lowest BCUT2D eigenvalue weighted by atomic mass is 9.69. The van der Waals surface area contributed by atoms with Gasteiger partial charge >= 0.3 is 5.69 Å². The van der Waals surface area contributed by atoms with Crippen LogP contribution in [-0.2, 0) is 10.2 Å². The Hall–Kier alpha value is -3.82. The molecule has 5 N–H and O–H groups in total. The summed E-state index contributed by atoms with van der Waals surface area (Å²) in [6.07, 6.45) is 0. The Kier molecular flexibility index (Phi) is 2.79. The van der Waals surface area contributed by atoms with Crippen LogP contribution >= 0.6 is 0 Å². The molecule has 1 unspecified atom stereocenters. The molecule has 1 aromatic carbocycles. The van der Waals surface area contributed by atoms with Gasteiger partial charge in [0.05, 0.1) is 12.7 Å². The summed E-state index contributed by atoms with van der Waals surface area (Å²) in [5.41, 5.74) is -0.446. The molecule has 3 aromatic rings. The highest BCUT2D eigenvalue weighted by Crippen LogP contribution is 2.54. The molecule has 0 fully saturated rings. The zero-order valence-electron chi connectivity index (χ0n) is 14.3. The maximum Gasteiger partial charge on any atom is 0.327 e. The van der Waals surface area contributed by atoms with Crippen LogP contribution in [0.5, 0.6) is 5.75 Å². The number of methoxy groups -OCH3 is 1. The van der Waals surface area contributed by atoms with Crippen LogP contribution in [-0.4, -0.2) is 33.2 Å². The molecule has 1 atom stereocenters. The number of H-pyrrole nitrogens is 3. The largest absolute Gasteiger partial charge is 0.497 e. The van der Waals surface area contributed by atoms with Gasteiger partial charge in [-0.2, -0.15) is 5.10 Å². The number of nitrogens with zero attached hydrogens (tertiary/aromatic N) is 1. The highest BCUT2D eigenvalue weighted by Gasteiger charge is 2.57. The molecule has 136 valence electrons. The van der Waals surface area contributed by atoms with Gasteiger partial charge in [0.1, 0.15) is 17.0 Å². The quantitative estimate of drug-likeness (QED) is 0.423. The van der Waals surface area contributed by atoms with Crippen LogP contribution in [0.25, 0.3) is 0 Å². The summed E-state index contributed by atoms with van der Waals surface area (Å²) in [5, 5.41) is 12.8. The molecule has 0 radical (unpaired) electrons. The molecule has 1 spiro atoms. The summed E-state index contributed by atoms with van der Waals surface area (Å²) < 4.78 is 5.32. The fourth-order valence-electron chi connectivity index (χ4n) is 4.06. The van der Waals surface area contributed by atoms with Crippen LogP contribution in [0.4, 0.5) is 17.3 Å². The summed E-state index contributed by atoms with van der Waals surface area (Å²) in [7, 11) is 1.52. The van der Waals surface area contributed by atoms with Crippen molar-refractivity contribution in [3.05, 3.63) is 61.4 Å². The first-order chi connectivity index (χ1) is 13.0. The Morgan fingerprint density at radius 1 is 1.07 bits per heavy atom. The molecule has 0 bridgehead atoms. The summed E-state index contributed by atoms with van der Waals surface area (Å²) in [4.78, 5) is 42.8. The first kappa shape index (κ1) is 15.4. The van der Waals surface area contributed by atoms with Gasteiger partial charge in [0.2, 0.25) is 5.91 Å². The monoisotopic (exact) mass is 366 g/mol. The first-order valence-electron chi connectivity index (χ1n) is 8.16. The second-order valence-corrected chi connectivity index (χ2v) is 6.47. The minimum absolute atomic E-state index is 0.101. The lowest BCUT2D eigenvalue weighted by Crippen LogP contribution is -2.46. The van der Waals surface area contributed by atoms with Crippen molar-refractivity contribution in [3.63, 3.8) is 0 Å². The van der Waals surface area contributed by atoms with Crippen LogP contribution < -0.4 is 26.6 Å². The van der Waals surface area contributed by atoms with Gasteiger partial charge in [-0.05, 0) is 25.1 Å². The van der Waals surface area contributed by atoms with E-state index in [9.17, 15) is 14.4 Å². The Bertz CT molecular complexity index is 1250. The minimum Gasteiger partial charge on any atom is -0.497 e.